The summed E-state index contributed by atoms with van der Waals surface area (Å²) in [6, 6.07) is 2.28. The Morgan fingerprint density at radius 3 is 2.76 bits per heavy atom. The van der Waals surface area contributed by atoms with Crippen molar-refractivity contribution in [2.45, 2.75) is 38.8 Å². The Labute approximate surface area is 133 Å². The molecule has 0 aliphatic carbocycles. The molecule has 2 bridgehead atoms. The van der Waals surface area contributed by atoms with E-state index < -0.39 is 6.09 Å². The standard InChI is InChI=1S/C15H20BrN3O2/c1-14(2,3)15-5-12(8-19(15)13(20)21)18(9-15)11-4-10(16)6-17-7-11/h4,6-7,12H,5,8-9H2,1-3H3,(H,20,21)/t12-,15+/m0/s1. The van der Waals surface area contributed by atoms with Crippen molar-refractivity contribution >= 4 is 27.7 Å². The number of piperazine rings is 1. The number of aromatic nitrogens is 1. The summed E-state index contributed by atoms with van der Waals surface area (Å²) in [6.07, 6.45) is 3.70. The van der Waals surface area contributed by atoms with E-state index in [0.29, 0.717) is 6.54 Å². The predicted molar refractivity (Wildman–Crippen MR) is 84.6 cm³/mol. The molecule has 114 valence electrons. The van der Waals surface area contributed by atoms with Crippen LogP contribution in [-0.2, 0) is 0 Å². The Hall–Kier alpha value is -1.30. The fourth-order valence-electron chi connectivity index (χ4n) is 3.79. The number of nitrogens with zero attached hydrogens (tertiary/aromatic N) is 3. The number of rotatable bonds is 1. The molecule has 1 aromatic rings. The average Bonchev–Trinajstić information content (AvgIpc) is 2.94. The Balaban J connectivity index is 1.97. The highest BCUT2D eigenvalue weighted by Gasteiger charge is 2.61. The van der Waals surface area contributed by atoms with Gasteiger partial charge in [0.05, 0.1) is 17.4 Å². The van der Waals surface area contributed by atoms with Crippen LogP contribution in [0.4, 0.5) is 10.5 Å². The Morgan fingerprint density at radius 1 is 1.48 bits per heavy atom. The molecule has 1 N–H and O–H groups in total. The molecule has 0 unspecified atom stereocenters. The monoisotopic (exact) mass is 353 g/mol. The second-order valence-electron chi connectivity index (χ2n) is 7.02. The molecular weight excluding hydrogens is 334 g/mol. The Bertz CT molecular complexity index is 587. The summed E-state index contributed by atoms with van der Waals surface area (Å²) in [5, 5.41) is 9.55. The van der Waals surface area contributed by atoms with Gasteiger partial charge in [0.2, 0.25) is 0 Å². The van der Waals surface area contributed by atoms with E-state index in [2.05, 4.69) is 52.7 Å². The fraction of sp³-hybridized carbons (Fsp3) is 0.600. The molecule has 1 amide bonds. The third kappa shape index (κ3) is 2.11. The summed E-state index contributed by atoms with van der Waals surface area (Å²) >= 11 is 3.46. The minimum atomic E-state index is -0.806. The highest BCUT2D eigenvalue weighted by Crippen LogP contribution is 2.51. The molecule has 2 saturated heterocycles. The van der Waals surface area contributed by atoms with Crippen molar-refractivity contribution < 1.29 is 9.90 Å². The van der Waals surface area contributed by atoms with Gasteiger partial charge in [-0.15, -0.1) is 0 Å². The maximum absolute atomic E-state index is 11.6. The highest BCUT2D eigenvalue weighted by molar-refractivity contribution is 9.10. The van der Waals surface area contributed by atoms with Crippen LogP contribution in [0.2, 0.25) is 0 Å². The number of hydrogen-bond acceptors (Lipinski definition) is 3. The van der Waals surface area contributed by atoms with E-state index >= 15 is 0 Å². The first kappa shape index (κ1) is 14.6. The number of likely N-dealkylation sites (tertiary alicyclic amines) is 1. The molecule has 2 aliphatic heterocycles. The molecule has 2 aliphatic rings. The molecule has 5 nitrogen and oxygen atoms in total. The van der Waals surface area contributed by atoms with Crippen LogP contribution in [0.3, 0.4) is 0 Å². The second-order valence-corrected chi connectivity index (χ2v) is 7.94. The number of carboxylic acid groups (broad SMARTS) is 1. The van der Waals surface area contributed by atoms with Crippen LogP contribution < -0.4 is 4.90 Å². The smallest absolute Gasteiger partial charge is 0.407 e. The van der Waals surface area contributed by atoms with Crippen LogP contribution in [0.25, 0.3) is 0 Å². The quantitative estimate of drug-likeness (QED) is 0.842. The first-order chi connectivity index (χ1) is 9.74. The van der Waals surface area contributed by atoms with Crippen LogP contribution in [0.5, 0.6) is 0 Å². The molecule has 0 radical (unpaired) electrons. The van der Waals surface area contributed by atoms with Crippen molar-refractivity contribution in [2.75, 3.05) is 18.0 Å². The van der Waals surface area contributed by atoms with Crippen molar-refractivity contribution in [3.05, 3.63) is 22.9 Å². The number of fused-ring (bicyclic) bond motifs is 2. The zero-order valence-corrected chi connectivity index (χ0v) is 14.1. The fourth-order valence-corrected chi connectivity index (χ4v) is 4.14. The lowest BCUT2D eigenvalue weighted by atomic mass is 9.73. The molecular formula is C15H20BrN3O2. The van der Waals surface area contributed by atoms with Gasteiger partial charge in [-0.05, 0) is 33.8 Å². The normalized spacial score (nSPS) is 28.3. The SMILES string of the molecule is CC(C)(C)[C@]12C[C@@H](CN1C(=O)O)N(c1cncc(Br)c1)C2. The topological polar surface area (TPSA) is 56.7 Å². The summed E-state index contributed by atoms with van der Waals surface area (Å²) in [5.41, 5.74) is 0.630. The molecule has 21 heavy (non-hydrogen) atoms. The molecule has 0 aromatic carbocycles. The lowest BCUT2D eigenvalue weighted by Crippen LogP contribution is -2.61. The van der Waals surface area contributed by atoms with Gasteiger partial charge in [0, 0.05) is 29.8 Å². The third-order valence-electron chi connectivity index (χ3n) is 5.01. The van der Waals surface area contributed by atoms with Gasteiger partial charge in [-0.25, -0.2) is 4.79 Å². The number of amides is 1. The van der Waals surface area contributed by atoms with E-state index in [-0.39, 0.29) is 17.0 Å². The summed E-state index contributed by atoms with van der Waals surface area (Å²) in [7, 11) is 0. The zero-order valence-electron chi connectivity index (χ0n) is 12.5. The zero-order chi connectivity index (χ0) is 15.4. The number of anilines is 1. The minimum Gasteiger partial charge on any atom is -0.465 e. The lowest BCUT2D eigenvalue weighted by molar-refractivity contribution is 0.0363. The summed E-state index contributed by atoms with van der Waals surface area (Å²) in [4.78, 5) is 19.8. The molecule has 1 aromatic heterocycles. The van der Waals surface area contributed by atoms with E-state index in [9.17, 15) is 9.90 Å². The van der Waals surface area contributed by atoms with Crippen LogP contribution in [0.1, 0.15) is 27.2 Å². The lowest BCUT2D eigenvalue weighted by Gasteiger charge is -2.48. The molecule has 0 saturated carbocycles. The van der Waals surface area contributed by atoms with E-state index in [4.69, 9.17) is 0 Å². The summed E-state index contributed by atoms with van der Waals surface area (Å²) in [6.45, 7) is 7.70. The number of halogens is 1. The predicted octanol–water partition coefficient (Wildman–Crippen LogP) is 3.20. The van der Waals surface area contributed by atoms with Gasteiger partial charge in [0.15, 0.2) is 0 Å². The van der Waals surface area contributed by atoms with Gasteiger partial charge in [-0.3, -0.25) is 9.88 Å². The first-order valence-electron chi connectivity index (χ1n) is 7.12. The largest absolute Gasteiger partial charge is 0.465 e. The number of hydrogen-bond donors (Lipinski definition) is 1. The molecule has 2 atom stereocenters. The van der Waals surface area contributed by atoms with Crippen LogP contribution in [-0.4, -0.2) is 45.8 Å². The van der Waals surface area contributed by atoms with Crippen molar-refractivity contribution in [1.82, 2.24) is 9.88 Å². The van der Waals surface area contributed by atoms with E-state index in [1.165, 1.54) is 0 Å². The molecule has 6 heteroatoms. The molecule has 3 heterocycles. The third-order valence-corrected chi connectivity index (χ3v) is 5.44. The van der Waals surface area contributed by atoms with E-state index in [0.717, 1.165) is 23.1 Å². The van der Waals surface area contributed by atoms with Gasteiger partial charge in [-0.1, -0.05) is 20.8 Å². The van der Waals surface area contributed by atoms with Crippen LogP contribution in [0, 0.1) is 5.41 Å². The Kier molecular flexibility index (Phi) is 3.20. The van der Waals surface area contributed by atoms with Gasteiger partial charge in [0.1, 0.15) is 0 Å². The molecule has 2 fully saturated rings. The highest BCUT2D eigenvalue weighted by atomic mass is 79.9. The second kappa shape index (κ2) is 4.60. The van der Waals surface area contributed by atoms with Crippen molar-refractivity contribution in [3.8, 4) is 0 Å². The van der Waals surface area contributed by atoms with Gasteiger partial charge >= 0.3 is 6.09 Å². The van der Waals surface area contributed by atoms with Crippen LogP contribution >= 0.6 is 15.9 Å². The molecule has 3 rings (SSSR count). The van der Waals surface area contributed by atoms with Crippen LogP contribution in [0.15, 0.2) is 22.9 Å². The summed E-state index contributed by atoms with van der Waals surface area (Å²) < 4.78 is 0.947. The van der Waals surface area contributed by atoms with Gasteiger partial charge < -0.3 is 10.0 Å². The first-order valence-corrected chi connectivity index (χ1v) is 7.92. The van der Waals surface area contributed by atoms with Crippen molar-refractivity contribution in [1.29, 1.82) is 0 Å². The Morgan fingerprint density at radius 2 is 2.19 bits per heavy atom. The van der Waals surface area contributed by atoms with E-state index in [1.54, 1.807) is 11.1 Å². The van der Waals surface area contributed by atoms with Crippen molar-refractivity contribution in [2.24, 2.45) is 5.41 Å². The maximum atomic E-state index is 11.6. The number of pyridine rings is 1. The number of carbonyl (C=O) groups is 1. The molecule has 0 spiro atoms. The van der Waals surface area contributed by atoms with E-state index in [1.807, 2.05) is 6.20 Å². The van der Waals surface area contributed by atoms with Gasteiger partial charge in [0.25, 0.3) is 0 Å². The average molecular weight is 354 g/mol. The summed E-state index contributed by atoms with van der Waals surface area (Å²) in [5.74, 6) is 0. The van der Waals surface area contributed by atoms with Crippen molar-refractivity contribution in [3.63, 3.8) is 0 Å². The minimum absolute atomic E-state index is 0.103. The maximum Gasteiger partial charge on any atom is 0.407 e. The van der Waals surface area contributed by atoms with Gasteiger partial charge in [-0.2, -0.15) is 0 Å².